The summed E-state index contributed by atoms with van der Waals surface area (Å²) in [6, 6.07) is 5.44. The molecule has 1 N–H and O–H groups in total. The van der Waals surface area contributed by atoms with Gasteiger partial charge in [0.15, 0.2) is 0 Å². The summed E-state index contributed by atoms with van der Waals surface area (Å²) in [5.74, 6) is -0.845. The Labute approximate surface area is 112 Å². The zero-order valence-corrected chi connectivity index (χ0v) is 11.6. The molecule has 1 aromatic rings. The van der Waals surface area contributed by atoms with Gasteiger partial charge in [-0.1, -0.05) is 19.9 Å². The van der Waals surface area contributed by atoms with Crippen LogP contribution in [0.4, 0.5) is 5.69 Å². The number of carbonyl (C=O) groups excluding carboxylic acids is 2. The van der Waals surface area contributed by atoms with Crippen LogP contribution in [0.5, 0.6) is 5.75 Å². The summed E-state index contributed by atoms with van der Waals surface area (Å²) < 4.78 is 9.83. The fraction of sp³-hybridized carbons (Fsp3) is 0.429. The number of hydrogen-bond acceptors (Lipinski definition) is 4. The van der Waals surface area contributed by atoms with Crippen LogP contribution in [0.1, 0.15) is 32.3 Å². The van der Waals surface area contributed by atoms with Gasteiger partial charge in [0.2, 0.25) is 0 Å². The van der Waals surface area contributed by atoms with Crippen LogP contribution in [-0.4, -0.2) is 25.6 Å². The van der Waals surface area contributed by atoms with E-state index in [4.69, 9.17) is 4.74 Å². The molecule has 0 atom stereocenters. The van der Waals surface area contributed by atoms with Gasteiger partial charge in [0.1, 0.15) is 5.75 Å². The van der Waals surface area contributed by atoms with Gasteiger partial charge in [0.25, 0.3) is 0 Å². The maximum Gasteiger partial charge on any atom is 0.397 e. The van der Waals surface area contributed by atoms with Crippen molar-refractivity contribution in [3.8, 4) is 5.75 Å². The van der Waals surface area contributed by atoms with Crippen molar-refractivity contribution in [1.29, 1.82) is 0 Å². The van der Waals surface area contributed by atoms with Crippen molar-refractivity contribution in [3.63, 3.8) is 0 Å². The lowest BCUT2D eigenvalue weighted by Crippen LogP contribution is -2.25. The predicted molar refractivity (Wildman–Crippen MR) is 72.3 cm³/mol. The molecule has 5 heteroatoms. The number of rotatable bonds is 4. The first kappa shape index (κ1) is 15.0. The summed E-state index contributed by atoms with van der Waals surface area (Å²) in [5.41, 5.74) is 1.54. The van der Waals surface area contributed by atoms with Crippen LogP contribution in [0.15, 0.2) is 18.2 Å². The number of benzene rings is 1. The normalized spacial score (nSPS) is 10.2. The average molecular weight is 265 g/mol. The summed E-state index contributed by atoms with van der Waals surface area (Å²) in [7, 11) is 1.51. The number of hydrogen-bond donors (Lipinski definition) is 1. The van der Waals surface area contributed by atoms with E-state index >= 15 is 0 Å². The van der Waals surface area contributed by atoms with E-state index < -0.39 is 11.9 Å². The lowest BCUT2D eigenvalue weighted by Gasteiger charge is -2.13. The molecule has 0 spiro atoms. The molecule has 104 valence electrons. The molecule has 0 aliphatic carbocycles. The van der Waals surface area contributed by atoms with E-state index in [-0.39, 0.29) is 6.61 Å². The minimum atomic E-state index is -0.905. The Bertz CT molecular complexity index is 469. The number of anilines is 1. The SMILES string of the molecule is CCOC(=O)C(=O)Nc1ccc(C(C)C)cc1OC. The third-order valence-electron chi connectivity index (χ3n) is 2.60. The fourth-order valence-electron chi connectivity index (χ4n) is 1.54. The Kier molecular flexibility index (Phi) is 5.36. The van der Waals surface area contributed by atoms with Crippen LogP contribution in [0, 0.1) is 0 Å². The lowest BCUT2D eigenvalue weighted by molar-refractivity contribution is -0.152. The maximum absolute atomic E-state index is 11.5. The van der Waals surface area contributed by atoms with Gasteiger partial charge in [-0.2, -0.15) is 0 Å². The van der Waals surface area contributed by atoms with Crippen LogP contribution in [0.25, 0.3) is 0 Å². The van der Waals surface area contributed by atoms with Crippen molar-refractivity contribution in [2.24, 2.45) is 0 Å². The van der Waals surface area contributed by atoms with Crippen LogP contribution in [0.3, 0.4) is 0 Å². The van der Waals surface area contributed by atoms with E-state index in [9.17, 15) is 9.59 Å². The third kappa shape index (κ3) is 3.98. The summed E-state index contributed by atoms with van der Waals surface area (Å²) in [5, 5.41) is 2.47. The molecule has 19 heavy (non-hydrogen) atoms. The van der Waals surface area contributed by atoms with Crippen LogP contribution < -0.4 is 10.1 Å². The maximum atomic E-state index is 11.5. The van der Waals surface area contributed by atoms with Gasteiger partial charge >= 0.3 is 11.9 Å². The summed E-state index contributed by atoms with van der Waals surface area (Å²) in [6.45, 7) is 5.93. The number of ether oxygens (including phenoxy) is 2. The van der Waals surface area contributed by atoms with Gasteiger partial charge in [-0.3, -0.25) is 4.79 Å². The summed E-state index contributed by atoms with van der Waals surface area (Å²) >= 11 is 0. The second-order valence-electron chi connectivity index (χ2n) is 4.29. The Morgan fingerprint density at radius 2 is 2.00 bits per heavy atom. The monoisotopic (exact) mass is 265 g/mol. The van der Waals surface area contributed by atoms with Crippen molar-refractivity contribution in [2.75, 3.05) is 19.0 Å². The van der Waals surface area contributed by atoms with E-state index in [1.54, 1.807) is 13.0 Å². The molecule has 0 saturated heterocycles. The molecule has 0 saturated carbocycles. The Morgan fingerprint density at radius 1 is 1.32 bits per heavy atom. The minimum Gasteiger partial charge on any atom is -0.495 e. The standard InChI is InChI=1S/C14H19NO4/c1-5-19-14(17)13(16)15-11-7-6-10(9(2)3)8-12(11)18-4/h6-9H,5H2,1-4H3,(H,15,16). The van der Waals surface area contributed by atoms with Gasteiger partial charge in [0.05, 0.1) is 19.4 Å². The van der Waals surface area contributed by atoms with E-state index in [0.717, 1.165) is 5.56 Å². The van der Waals surface area contributed by atoms with Gasteiger partial charge in [-0.05, 0) is 30.5 Å². The second kappa shape index (κ2) is 6.78. The third-order valence-corrected chi connectivity index (χ3v) is 2.60. The Balaban J connectivity index is 2.89. The largest absolute Gasteiger partial charge is 0.495 e. The molecular weight excluding hydrogens is 246 g/mol. The zero-order valence-electron chi connectivity index (χ0n) is 11.6. The van der Waals surface area contributed by atoms with Crippen molar-refractivity contribution in [1.82, 2.24) is 0 Å². The predicted octanol–water partition coefficient (Wildman–Crippen LogP) is 2.32. The number of amides is 1. The van der Waals surface area contributed by atoms with Gasteiger partial charge in [0, 0.05) is 0 Å². The molecule has 0 aromatic heterocycles. The highest BCUT2D eigenvalue weighted by atomic mass is 16.5. The van der Waals surface area contributed by atoms with Gasteiger partial charge < -0.3 is 14.8 Å². The van der Waals surface area contributed by atoms with Crippen LogP contribution >= 0.6 is 0 Å². The molecular formula is C14H19NO4. The average Bonchev–Trinajstić information content (AvgIpc) is 2.39. The highest BCUT2D eigenvalue weighted by molar-refractivity contribution is 6.37. The molecule has 0 heterocycles. The first-order valence-electron chi connectivity index (χ1n) is 6.15. The quantitative estimate of drug-likeness (QED) is 0.670. The van der Waals surface area contributed by atoms with Gasteiger partial charge in [-0.15, -0.1) is 0 Å². The Hall–Kier alpha value is -2.04. The molecule has 0 aliphatic heterocycles. The smallest absolute Gasteiger partial charge is 0.397 e. The topological polar surface area (TPSA) is 64.6 Å². The highest BCUT2D eigenvalue weighted by Gasteiger charge is 2.17. The second-order valence-corrected chi connectivity index (χ2v) is 4.29. The van der Waals surface area contributed by atoms with E-state index in [1.165, 1.54) is 7.11 Å². The molecule has 1 amide bonds. The molecule has 0 unspecified atom stereocenters. The highest BCUT2D eigenvalue weighted by Crippen LogP contribution is 2.28. The van der Waals surface area contributed by atoms with Gasteiger partial charge in [-0.25, -0.2) is 4.79 Å². The fourth-order valence-corrected chi connectivity index (χ4v) is 1.54. The molecule has 0 aliphatic rings. The van der Waals surface area contributed by atoms with Crippen molar-refractivity contribution < 1.29 is 19.1 Å². The minimum absolute atomic E-state index is 0.162. The zero-order chi connectivity index (χ0) is 14.4. The molecule has 0 radical (unpaired) electrons. The van der Waals surface area contributed by atoms with E-state index in [2.05, 4.69) is 23.9 Å². The van der Waals surface area contributed by atoms with Crippen molar-refractivity contribution in [3.05, 3.63) is 23.8 Å². The number of esters is 1. The first-order chi connectivity index (χ1) is 8.99. The van der Waals surface area contributed by atoms with Crippen molar-refractivity contribution >= 4 is 17.6 Å². The van der Waals surface area contributed by atoms with E-state index in [0.29, 0.717) is 17.4 Å². The Morgan fingerprint density at radius 3 is 2.53 bits per heavy atom. The first-order valence-corrected chi connectivity index (χ1v) is 6.15. The van der Waals surface area contributed by atoms with E-state index in [1.807, 2.05) is 12.1 Å². The molecule has 0 bridgehead atoms. The summed E-state index contributed by atoms with van der Waals surface area (Å²) in [6.07, 6.45) is 0. The number of methoxy groups -OCH3 is 1. The molecule has 1 rings (SSSR count). The lowest BCUT2D eigenvalue weighted by atomic mass is 10.0. The van der Waals surface area contributed by atoms with Crippen LogP contribution in [0.2, 0.25) is 0 Å². The summed E-state index contributed by atoms with van der Waals surface area (Å²) in [4.78, 5) is 22.8. The number of nitrogens with one attached hydrogen (secondary N) is 1. The molecule has 0 fully saturated rings. The molecule has 1 aromatic carbocycles. The van der Waals surface area contributed by atoms with Crippen molar-refractivity contribution in [2.45, 2.75) is 26.7 Å². The van der Waals surface area contributed by atoms with Crippen LogP contribution in [-0.2, 0) is 14.3 Å². The molecule has 5 nitrogen and oxygen atoms in total. The number of carbonyl (C=O) groups is 2.